The molecule has 2 fully saturated rings. The number of amides is 1. The van der Waals surface area contributed by atoms with Gasteiger partial charge in [0.15, 0.2) is 0 Å². The molecule has 1 aromatic rings. The van der Waals surface area contributed by atoms with E-state index in [-0.39, 0.29) is 5.92 Å². The zero-order valence-corrected chi connectivity index (χ0v) is 14.7. The predicted octanol–water partition coefficient (Wildman–Crippen LogP) is 3.81. The Morgan fingerprint density at radius 3 is 2.29 bits per heavy atom. The van der Waals surface area contributed by atoms with Crippen molar-refractivity contribution in [3.05, 3.63) is 42.0 Å². The van der Waals surface area contributed by atoms with Crippen molar-refractivity contribution in [3.63, 3.8) is 0 Å². The molecule has 0 atom stereocenters. The van der Waals surface area contributed by atoms with Crippen LogP contribution in [0.4, 0.5) is 0 Å². The van der Waals surface area contributed by atoms with Gasteiger partial charge in [-0.15, -0.1) is 0 Å². The Bertz CT molecular complexity index is 524. The number of nitrogens with zero attached hydrogens (tertiary/aromatic N) is 2. The molecule has 2 aliphatic rings. The fourth-order valence-electron chi connectivity index (χ4n) is 3.81. The Morgan fingerprint density at radius 1 is 0.958 bits per heavy atom. The van der Waals surface area contributed by atoms with E-state index in [1.807, 2.05) is 6.07 Å². The molecule has 3 nitrogen and oxygen atoms in total. The molecule has 130 valence electrons. The molecule has 2 saturated heterocycles. The first-order valence-corrected chi connectivity index (χ1v) is 9.55. The maximum absolute atomic E-state index is 12.7. The maximum Gasteiger partial charge on any atom is 0.225 e. The largest absolute Gasteiger partial charge is 0.342 e. The summed E-state index contributed by atoms with van der Waals surface area (Å²) in [5.74, 6) is 0.689. The third-order valence-electron chi connectivity index (χ3n) is 5.33. The molecule has 3 rings (SSSR count). The summed E-state index contributed by atoms with van der Waals surface area (Å²) in [5, 5.41) is 0. The Hall–Kier alpha value is -1.61. The number of rotatable bonds is 4. The maximum atomic E-state index is 12.7. The van der Waals surface area contributed by atoms with E-state index in [9.17, 15) is 4.79 Å². The number of likely N-dealkylation sites (tertiary alicyclic amines) is 2. The minimum Gasteiger partial charge on any atom is -0.342 e. The molecule has 0 bridgehead atoms. The molecule has 2 aliphatic heterocycles. The lowest BCUT2D eigenvalue weighted by molar-refractivity contribution is -0.137. The Morgan fingerprint density at radius 2 is 1.62 bits per heavy atom. The highest BCUT2D eigenvalue weighted by Gasteiger charge is 2.28. The summed E-state index contributed by atoms with van der Waals surface area (Å²) in [6.45, 7) is 5.05. The van der Waals surface area contributed by atoms with Crippen LogP contribution in [0.5, 0.6) is 0 Å². The van der Waals surface area contributed by atoms with Crippen molar-refractivity contribution in [1.29, 1.82) is 0 Å². The van der Waals surface area contributed by atoms with Gasteiger partial charge in [0.1, 0.15) is 0 Å². The van der Waals surface area contributed by atoms with Crippen LogP contribution in [0, 0.1) is 5.92 Å². The summed E-state index contributed by atoms with van der Waals surface area (Å²) in [7, 11) is 0. The second-order valence-electron chi connectivity index (χ2n) is 7.13. The van der Waals surface area contributed by atoms with Gasteiger partial charge in [0, 0.05) is 25.6 Å². The van der Waals surface area contributed by atoms with Gasteiger partial charge in [0.2, 0.25) is 5.91 Å². The Labute approximate surface area is 146 Å². The van der Waals surface area contributed by atoms with Gasteiger partial charge in [-0.25, -0.2) is 0 Å². The van der Waals surface area contributed by atoms with Crippen LogP contribution in [0.15, 0.2) is 36.4 Å². The number of hydrogen-bond acceptors (Lipinski definition) is 2. The summed E-state index contributed by atoms with van der Waals surface area (Å²) in [4.78, 5) is 17.3. The molecule has 0 aliphatic carbocycles. The van der Waals surface area contributed by atoms with Crippen molar-refractivity contribution in [2.75, 3.05) is 32.7 Å². The first-order valence-electron chi connectivity index (χ1n) is 9.55. The molecule has 2 heterocycles. The fraction of sp³-hybridized carbons (Fsp3) is 0.571. The van der Waals surface area contributed by atoms with E-state index in [0.29, 0.717) is 5.91 Å². The summed E-state index contributed by atoms with van der Waals surface area (Å²) < 4.78 is 0. The summed E-state index contributed by atoms with van der Waals surface area (Å²) in [6.07, 6.45) is 11.4. The van der Waals surface area contributed by atoms with Gasteiger partial charge in [-0.2, -0.15) is 0 Å². The average molecular weight is 326 g/mol. The van der Waals surface area contributed by atoms with Crippen LogP contribution in [0.1, 0.15) is 44.1 Å². The lowest BCUT2D eigenvalue weighted by atomic mass is 9.95. The van der Waals surface area contributed by atoms with Gasteiger partial charge in [0.05, 0.1) is 0 Å². The highest BCUT2D eigenvalue weighted by Crippen LogP contribution is 2.21. The topological polar surface area (TPSA) is 23.6 Å². The smallest absolute Gasteiger partial charge is 0.225 e. The molecule has 0 aromatic heterocycles. The predicted molar refractivity (Wildman–Crippen MR) is 99.7 cm³/mol. The summed E-state index contributed by atoms with van der Waals surface area (Å²) in [5.41, 5.74) is 1.25. The van der Waals surface area contributed by atoms with Crippen LogP contribution in [0.2, 0.25) is 0 Å². The number of carbonyl (C=O) groups is 1. The van der Waals surface area contributed by atoms with Gasteiger partial charge >= 0.3 is 0 Å². The van der Waals surface area contributed by atoms with Crippen molar-refractivity contribution in [2.45, 2.75) is 38.5 Å². The zero-order chi connectivity index (χ0) is 16.6. The van der Waals surface area contributed by atoms with Crippen molar-refractivity contribution in [1.82, 2.24) is 9.80 Å². The van der Waals surface area contributed by atoms with E-state index in [1.54, 1.807) is 0 Å². The second-order valence-corrected chi connectivity index (χ2v) is 7.13. The van der Waals surface area contributed by atoms with Crippen molar-refractivity contribution in [3.8, 4) is 0 Å². The van der Waals surface area contributed by atoms with Gasteiger partial charge in [-0.05, 0) is 44.3 Å². The third-order valence-corrected chi connectivity index (χ3v) is 5.33. The monoisotopic (exact) mass is 326 g/mol. The molecule has 0 N–H and O–H groups in total. The number of carbonyl (C=O) groups excluding carboxylic acids is 1. The van der Waals surface area contributed by atoms with E-state index >= 15 is 0 Å². The minimum atomic E-state index is 0.262. The van der Waals surface area contributed by atoms with Crippen molar-refractivity contribution in [2.24, 2.45) is 5.92 Å². The van der Waals surface area contributed by atoms with E-state index in [2.05, 4.69) is 46.2 Å². The molecule has 0 saturated carbocycles. The standard InChI is InChI=1S/C21H30N2O/c24-21(23-15-6-1-2-7-16-23)20-12-17-22(18-13-20)14-8-11-19-9-4-3-5-10-19/h3-5,8-11,20H,1-2,6-7,12-18H2/b11-8+. The van der Waals surface area contributed by atoms with Crippen molar-refractivity contribution < 1.29 is 4.79 Å². The number of hydrogen-bond donors (Lipinski definition) is 0. The molecular formula is C21H30N2O. The van der Waals surface area contributed by atoms with Gasteiger partial charge < -0.3 is 4.90 Å². The van der Waals surface area contributed by atoms with Gasteiger partial charge in [0.25, 0.3) is 0 Å². The molecule has 0 spiro atoms. The lowest BCUT2D eigenvalue weighted by Crippen LogP contribution is -2.42. The minimum absolute atomic E-state index is 0.262. The third kappa shape index (κ3) is 4.94. The summed E-state index contributed by atoms with van der Waals surface area (Å²) in [6, 6.07) is 10.4. The van der Waals surface area contributed by atoms with Crippen LogP contribution in [0.25, 0.3) is 6.08 Å². The van der Waals surface area contributed by atoms with Crippen LogP contribution in [-0.2, 0) is 4.79 Å². The highest BCUT2D eigenvalue weighted by molar-refractivity contribution is 5.79. The van der Waals surface area contributed by atoms with Crippen LogP contribution < -0.4 is 0 Å². The highest BCUT2D eigenvalue weighted by atomic mass is 16.2. The first-order chi connectivity index (χ1) is 11.8. The van der Waals surface area contributed by atoms with E-state index in [4.69, 9.17) is 0 Å². The van der Waals surface area contributed by atoms with E-state index in [0.717, 1.165) is 45.6 Å². The molecule has 1 aromatic carbocycles. The first kappa shape index (κ1) is 17.2. The normalized spacial score (nSPS) is 21.1. The van der Waals surface area contributed by atoms with Gasteiger partial charge in [-0.1, -0.05) is 55.3 Å². The molecule has 0 radical (unpaired) electrons. The van der Waals surface area contributed by atoms with E-state index < -0.39 is 0 Å². The molecule has 3 heteroatoms. The second kappa shape index (κ2) is 9.03. The molecular weight excluding hydrogens is 296 g/mol. The molecule has 0 unspecified atom stereocenters. The fourth-order valence-corrected chi connectivity index (χ4v) is 3.81. The van der Waals surface area contributed by atoms with Gasteiger partial charge in [-0.3, -0.25) is 9.69 Å². The summed E-state index contributed by atoms with van der Waals surface area (Å²) >= 11 is 0. The van der Waals surface area contributed by atoms with E-state index in [1.165, 1.54) is 31.2 Å². The number of benzene rings is 1. The Kier molecular flexibility index (Phi) is 6.48. The Balaban J connectivity index is 1.42. The molecule has 1 amide bonds. The average Bonchev–Trinajstić information content (AvgIpc) is 2.92. The SMILES string of the molecule is O=C(C1CCN(C/C=C/c2ccccc2)CC1)N1CCCCCC1. The zero-order valence-electron chi connectivity index (χ0n) is 14.7. The lowest BCUT2D eigenvalue weighted by Gasteiger charge is -2.33. The quantitative estimate of drug-likeness (QED) is 0.840. The number of piperidine rings is 1. The van der Waals surface area contributed by atoms with Crippen LogP contribution in [0.3, 0.4) is 0 Å². The molecule has 24 heavy (non-hydrogen) atoms. The van der Waals surface area contributed by atoms with Crippen molar-refractivity contribution >= 4 is 12.0 Å². The van der Waals surface area contributed by atoms with Crippen LogP contribution >= 0.6 is 0 Å². The van der Waals surface area contributed by atoms with Crippen LogP contribution in [-0.4, -0.2) is 48.4 Å².